The smallest absolute Gasteiger partial charge is 0.126 e. The summed E-state index contributed by atoms with van der Waals surface area (Å²) in [6, 6.07) is 3.56. The zero-order chi connectivity index (χ0) is 13.8. The fourth-order valence-corrected chi connectivity index (χ4v) is 3.22. The van der Waals surface area contributed by atoms with Crippen LogP contribution in [0.15, 0.2) is 18.2 Å². The van der Waals surface area contributed by atoms with Crippen molar-refractivity contribution < 1.29 is 13.9 Å². The minimum atomic E-state index is -0.410. The van der Waals surface area contributed by atoms with E-state index in [9.17, 15) is 13.9 Å². The SMILES string of the molecule is CCCC1CCC(O)C(Cc2cc(F)ccc2F)C1. The Hall–Kier alpha value is -0.960. The molecule has 1 nitrogen and oxygen atoms in total. The van der Waals surface area contributed by atoms with Gasteiger partial charge < -0.3 is 5.11 Å². The molecule has 0 aromatic heterocycles. The summed E-state index contributed by atoms with van der Waals surface area (Å²) in [6.45, 7) is 2.16. The molecular formula is C16H22F2O. The average Bonchev–Trinajstić information content (AvgIpc) is 2.38. The molecule has 0 spiro atoms. The van der Waals surface area contributed by atoms with Crippen LogP contribution < -0.4 is 0 Å². The van der Waals surface area contributed by atoms with E-state index in [1.807, 2.05) is 0 Å². The zero-order valence-corrected chi connectivity index (χ0v) is 11.4. The second-order valence-electron chi connectivity index (χ2n) is 5.74. The molecule has 0 amide bonds. The summed E-state index contributed by atoms with van der Waals surface area (Å²) in [7, 11) is 0. The molecule has 19 heavy (non-hydrogen) atoms. The molecule has 2 rings (SSSR count). The van der Waals surface area contributed by atoms with Crippen molar-refractivity contribution in [2.24, 2.45) is 11.8 Å². The summed E-state index contributed by atoms with van der Waals surface area (Å²) in [5.41, 5.74) is 0.390. The lowest BCUT2D eigenvalue weighted by Gasteiger charge is -2.33. The van der Waals surface area contributed by atoms with Crippen LogP contribution in [0.2, 0.25) is 0 Å². The molecule has 1 fully saturated rings. The van der Waals surface area contributed by atoms with Crippen LogP contribution in [0.5, 0.6) is 0 Å². The van der Waals surface area contributed by atoms with Gasteiger partial charge in [0.25, 0.3) is 0 Å². The number of hydrogen-bond acceptors (Lipinski definition) is 1. The quantitative estimate of drug-likeness (QED) is 0.872. The van der Waals surface area contributed by atoms with E-state index in [0.717, 1.165) is 38.2 Å². The van der Waals surface area contributed by atoms with Crippen LogP contribution in [0.4, 0.5) is 8.78 Å². The van der Waals surface area contributed by atoms with Gasteiger partial charge >= 0.3 is 0 Å². The second-order valence-corrected chi connectivity index (χ2v) is 5.74. The Morgan fingerprint density at radius 3 is 2.79 bits per heavy atom. The third-order valence-electron chi connectivity index (χ3n) is 4.24. The topological polar surface area (TPSA) is 20.2 Å². The van der Waals surface area contributed by atoms with E-state index < -0.39 is 5.82 Å². The highest BCUT2D eigenvalue weighted by molar-refractivity contribution is 5.19. The van der Waals surface area contributed by atoms with Crippen molar-refractivity contribution in [2.45, 2.75) is 51.6 Å². The molecule has 3 unspecified atom stereocenters. The molecule has 1 aliphatic rings. The number of hydrogen-bond donors (Lipinski definition) is 1. The Labute approximate surface area is 113 Å². The van der Waals surface area contributed by atoms with Crippen molar-refractivity contribution in [3.8, 4) is 0 Å². The highest BCUT2D eigenvalue weighted by Crippen LogP contribution is 2.34. The van der Waals surface area contributed by atoms with Gasteiger partial charge in [0.15, 0.2) is 0 Å². The lowest BCUT2D eigenvalue weighted by Crippen LogP contribution is -2.30. The first kappa shape index (κ1) is 14.4. The molecule has 3 atom stereocenters. The molecule has 1 aromatic rings. The van der Waals surface area contributed by atoms with E-state index in [1.54, 1.807) is 0 Å². The van der Waals surface area contributed by atoms with Crippen LogP contribution in [0.3, 0.4) is 0 Å². The summed E-state index contributed by atoms with van der Waals surface area (Å²) < 4.78 is 26.8. The van der Waals surface area contributed by atoms with Gasteiger partial charge in [0.2, 0.25) is 0 Å². The Morgan fingerprint density at radius 2 is 2.05 bits per heavy atom. The Balaban J connectivity index is 2.05. The van der Waals surface area contributed by atoms with E-state index in [2.05, 4.69) is 6.92 Å². The Kier molecular flexibility index (Phi) is 4.92. The van der Waals surface area contributed by atoms with Crippen LogP contribution >= 0.6 is 0 Å². The van der Waals surface area contributed by atoms with Gasteiger partial charge in [-0.05, 0) is 61.3 Å². The van der Waals surface area contributed by atoms with Gasteiger partial charge in [-0.3, -0.25) is 0 Å². The van der Waals surface area contributed by atoms with Crippen molar-refractivity contribution in [2.75, 3.05) is 0 Å². The average molecular weight is 268 g/mol. The first-order chi connectivity index (χ1) is 9.10. The maximum absolute atomic E-state index is 13.6. The largest absolute Gasteiger partial charge is 0.393 e. The maximum Gasteiger partial charge on any atom is 0.126 e. The van der Waals surface area contributed by atoms with Crippen molar-refractivity contribution in [3.05, 3.63) is 35.4 Å². The molecule has 106 valence electrons. The molecule has 0 radical (unpaired) electrons. The van der Waals surface area contributed by atoms with Gasteiger partial charge in [0.1, 0.15) is 11.6 Å². The molecule has 1 saturated carbocycles. The summed E-state index contributed by atoms with van der Waals surface area (Å²) >= 11 is 0. The van der Waals surface area contributed by atoms with Gasteiger partial charge in [0, 0.05) is 0 Å². The van der Waals surface area contributed by atoms with Gasteiger partial charge in [0.05, 0.1) is 6.10 Å². The highest BCUT2D eigenvalue weighted by atomic mass is 19.1. The third kappa shape index (κ3) is 3.75. The second kappa shape index (κ2) is 6.47. The fraction of sp³-hybridized carbons (Fsp3) is 0.625. The standard InChI is InChI=1S/C16H22F2O/c1-2-3-11-4-7-16(19)13(8-11)9-12-10-14(17)5-6-15(12)18/h5-6,10-11,13,16,19H,2-4,7-9H2,1H3. The van der Waals surface area contributed by atoms with E-state index in [0.29, 0.717) is 17.9 Å². The normalized spacial score (nSPS) is 27.5. The summed E-state index contributed by atoms with van der Waals surface area (Å²) in [5, 5.41) is 10.1. The highest BCUT2D eigenvalue weighted by Gasteiger charge is 2.29. The van der Waals surface area contributed by atoms with Crippen LogP contribution in [-0.4, -0.2) is 11.2 Å². The summed E-state index contributed by atoms with van der Waals surface area (Å²) in [5.74, 6) is -0.102. The third-order valence-corrected chi connectivity index (χ3v) is 4.24. The maximum atomic E-state index is 13.6. The van der Waals surface area contributed by atoms with Gasteiger partial charge in [-0.2, -0.15) is 0 Å². The zero-order valence-electron chi connectivity index (χ0n) is 11.4. The van der Waals surface area contributed by atoms with Crippen LogP contribution in [0, 0.1) is 23.5 Å². The lowest BCUT2D eigenvalue weighted by molar-refractivity contribution is 0.0459. The van der Waals surface area contributed by atoms with E-state index >= 15 is 0 Å². The molecule has 1 N–H and O–H groups in total. The van der Waals surface area contributed by atoms with Crippen molar-refractivity contribution in [1.82, 2.24) is 0 Å². The molecule has 0 aliphatic heterocycles. The van der Waals surface area contributed by atoms with Gasteiger partial charge in [-0.15, -0.1) is 0 Å². The minimum absolute atomic E-state index is 0.0570. The van der Waals surface area contributed by atoms with Crippen LogP contribution in [0.25, 0.3) is 0 Å². The predicted molar refractivity (Wildman–Crippen MR) is 71.8 cm³/mol. The van der Waals surface area contributed by atoms with Crippen LogP contribution in [0.1, 0.15) is 44.6 Å². The van der Waals surface area contributed by atoms with Gasteiger partial charge in [-0.1, -0.05) is 19.8 Å². The molecule has 0 saturated heterocycles. The lowest BCUT2D eigenvalue weighted by atomic mass is 9.75. The Bertz CT molecular complexity index is 419. The van der Waals surface area contributed by atoms with Gasteiger partial charge in [-0.25, -0.2) is 8.78 Å². The predicted octanol–water partition coefficient (Wildman–Crippen LogP) is 4.08. The first-order valence-electron chi connectivity index (χ1n) is 7.22. The molecule has 1 aromatic carbocycles. The van der Waals surface area contributed by atoms with Crippen molar-refractivity contribution in [1.29, 1.82) is 0 Å². The molecule has 0 bridgehead atoms. The number of benzene rings is 1. The number of rotatable bonds is 4. The van der Waals surface area contributed by atoms with Crippen molar-refractivity contribution >= 4 is 0 Å². The number of halogens is 2. The monoisotopic (exact) mass is 268 g/mol. The molecular weight excluding hydrogens is 246 g/mol. The molecule has 0 heterocycles. The number of aliphatic hydroxyl groups is 1. The van der Waals surface area contributed by atoms with E-state index in [1.165, 1.54) is 12.1 Å². The first-order valence-corrected chi connectivity index (χ1v) is 7.22. The molecule has 3 heteroatoms. The Morgan fingerprint density at radius 1 is 1.26 bits per heavy atom. The minimum Gasteiger partial charge on any atom is -0.393 e. The van der Waals surface area contributed by atoms with E-state index in [4.69, 9.17) is 0 Å². The van der Waals surface area contributed by atoms with Crippen molar-refractivity contribution in [3.63, 3.8) is 0 Å². The molecule has 1 aliphatic carbocycles. The summed E-state index contributed by atoms with van der Waals surface area (Å²) in [6.07, 6.45) is 5.12. The fourth-order valence-electron chi connectivity index (χ4n) is 3.22. The number of aliphatic hydroxyl groups excluding tert-OH is 1. The van der Waals surface area contributed by atoms with Crippen LogP contribution in [-0.2, 0) is 6.42 Å². The van der Waals surface area contributed by atoms with E-state index in [-0.39, 0.29) is 17.8 Å². The summed E-state index contributed by atoms with van der Waals surface area (Å²) in [4.78, 5) is 0.